The molecule has 0 radical (unpaired) electrons. The van der Waals surface area contributed by atoms with E-state index in [0.29, 0.717) is 11.8 Å². The molecule has 0 aromatic heterocycles. The number of ether oxygens (including phenoxy) is 1. The van der Waals surface area contributed by atoms with Crippen LogP contribution in [0.25, 0.3) is 0 Å². The molecule has 1 N–H and O–H groups in total. The molecule has 2 atom stereocenters. The van der Waals surface area contributed by atoms with E-state index in [-0.39, 0.29) is 6.10 Å². The van der Waals surface area contributed by atoms with Crippen LogP contribution in [0.5, 0.6) is 0 Å². The van der Waals surface area contributed by atoms with Crippen molar-refractivity contribution in [3.05, 3.63) is 0 Å². The molecule has 0 aromatic rings. The van der Waals surface area contributed by atoms with Crippen LogP contribution < -0.4 is 0 Å². The number of hydrogen-bond donors (Lipinski definition) is 1. The molecule has 2 nitrogen and oxygen atoms in total. The summed E-state index contributed by atoms with van der Waals surface area (Å²) in [7, 11) is 0. The van der Waals surface area contributed by atoms with E-state index in [0.717, 1.165) is 26.1 Å². The minimum absolute atomic E-state index is 0.0242. The van der Waals surface area contributed by atoms with Crippen molar-refractivity contribution < 1.29 is 9.84 Å². The van der Waals surface area contributed by atoms with Crippen LogP contribution in [-0.4, -0.2) is 24.4 Å². The quantitative estimate of drug-likeness (QED) is 0.512. The highest BCUT2D eigenvalue weighted by Crippen LogP contribution is 2.36. The highest BCUT2D eigenvalue weighted by Gasteiger charge is 2.37. The molecule has 1 saturated carbocycles. The molecule has 9 heavy (non-hydrogen) atoms. The predicted octanol–water partition coefficient (Wildman–Crippen LogP) is 0.404. The maximum absolute atomic E-state index is 9.18. The van der Waals surface area contributed by atoms with Gasteiger partial charge in [-0.25, -0.2) is 0 Å². The van der Waals surface area contributed by atoms with Crippen LogP contribution in [0.2, 0.25) is 0 Å². The van der Waals surface area contributed by atoms with Crippen LogP contribution >= 0.6 is 0 Å². The Morgan fingerprint density at radius 2 is 1.67 bits per heavy atom. The van der Waals surface area contributed by atoms with Gasteiger partial charge in [0.1, 0.15) is 0 Å². The van der Waals surface area contributed by atoms with E-state index >= 15 is 0 Å². The average Bonchev–Trinajstić information content (AvgIpc) is 2.22. The molecule has 2 aliphatic rings. The van der Waals surface area contributed by atoms with Gasteiger partial charge in [-0.3, -0.25) is 0 Å². The molecule has 0 amide bonds. The lowest BCUT2D eigenvalue weighted by Gasteiger charge is -2.00. The monoisotopic (exact) mass is 128 g/mol. The Morgan fingerprint density at radius 3 is 2.22 bits per heavy atom. The summed E-state index contributed by atoms with van der Waals surface area (Å²) in [5.74, 6) is 1.36. The summed E-state index contributed by atoms with van der Waals surface area (Å²) in [6.45, 7) is 1.78. The van der Waals surface area contributed by atoms with Crippen molar-refractivity contribution in [2.45, 2.75) is 18.9 Å². The Kier molecular flexibility index (Phi) is 1.24. The van der Waals surface area contributed by atoms with Gasteiger partial charge in [-0.05, 0) is 24.7 Å². The van der Waals surface area contributed by atoms with E-state index in [4.69, 9.17) is 4.74 Å². The number of hydrogen-bond acceptors (Lipinski definition) is 2. The number of fused-ring (bicyclic) bond motifs is 1. The molecule has 2 unspecified atom stereocenters. The second-order valence-electron chi connectivity index (χ2n) is 3.18. The Bertz CT molecular complexity index is 101. The Balaban J connectivity index is 2.02. The van der Waals surface area contributed by atoms with E-state index in [1.165, 1.54) is 0 Å². The van der Waals surface area contributed by atoms with Gasteiger partial charge in [-0.1, -0.05) is 0 Å². The third kappa shape index (κ3) is 0.864. The summed E-state index contributed by atoms with van der Waals surface area (Å²) in [6.07, 6.45) is 1.93. The number of aliphatic hydroxyl groups is 1. The molecule has 0 bridgehead atoms. The number of aliphatic hydroxyl groups excluding tert-OH is 1. The fourth-order valence-corrected chi connectivity index (χ4v) is 1.96. The van der Waals surface area contributed by atoms with Gasteiger partial charge in [0.15, 0.2) is 0 Å². The van der Waals surface area contributed by atoms with Gasteiger partial charge in [-0.2, -0.15) is 0 Å². The summed E-state index contributed by atoms with van der Waals surface area (Å²) in [4.78, 5) is 0. The normalized spacial score (nSPS) is 49.7. The van der Waals surface area contributed by atoms with Crippen LogP contribution in [0.4, 0.5) is 0 Å². The maximum Gasteiger partial charge on any atom is 0.0547 e. The van der Waals surface area contributed by atoms with Gasteiger partial charge in [0, 0.05) is 13.2 Å². The van der Waals surface area contributed by atoms with E-state index in [1.54, 1.807) is 0 Å². The number of rotatable bonds is 0. The topological polar surface area (TPSA) is 29.5 Å². The second-order valence-corrected chi connectivity index (χ2v) is 3.18. The first kappa shape index (κ1) is 5.69. The first-order valence-electron chi connectivity index (χ1n) is 3.62. The van der Waals surface area contributed by atoms with Crippen LogP contribution in [-0.2, 0) is 4.74 Å². The van der Waals surface area contributed by atoms with Crippen molar-refractivity contribution in [1.82, 2.24) is 0 Å². The average molecular weight is 128 g/mol. The van der Waals surface area contributed by atoms with Gasteiger partial charge in [0.2, 0.25) is 0 Å². The third-order valence-corrected chi connectivity index (χ3v) is 2.48. The van der Waals surface area contributed by atoms with Crippen molar-refractivity contribution >= 4 is 0 Å². The van der Waals surface area contributed by atoms with Gasteiger partial charge in [-0.15, -0.1) is 0 Å². The van der Waals surface area contributed by atoms with Gasteiger partial charge in [0.05, 0.1) is 6.10 Å². The highest BCUT2D eigenvalue weighted by atomic mass is 16.5. The van der Waals surface area contributed by atoms with E-state index in [9.17, 15) is 5.11 Å². The molecule has 2 heteroatoms. The van der Waals surface area contributed by atoms with Crippen LogP contribution in [0.15, 0.2) is 0 Å². The minimum Gasteiger partial charge on any atom is -0.393 e. The van der Waals surface area contributed by atoms with Gasteiger partial charge >= 0.3 is 0 Å². The van der Waals surface area contributed by atoms with Crippen molar-refractivity contribution in [3.63, 3.8) is 0 Å². The molecule has 1 heterocycles. The van der Waals surface area contributed by atoms with Crippen molar-refractivity contribution in [3.8, 4) is 0 Å². The Morgan fingerprint density at radius 1 is 1.11 bits per heavy atom. The third-order valence-electron chi connectivity index (χ3n) is 2.48. The Hall–Kier alpha value is -0.0800. The van der Waals surface area contributed by atoms with Gasteiger partial charge in [0.25, 0.3) is 0 Å². The maximum atomic E-state index is 9.18. The second kappa shape index (κ2) is 1.96. The van der Waals surface area contributed by atoms with Gasteiger partial charge < -0.3 is 9.84 Å². The molecule has 1 aliphatic carbocycles. The summed E-state index contributed by atoms with van der Waals surface area (Å²) < 4.78 is 5.25. The predicted molar refractivity (Wildman–Crippen MR) is 33.0 cm³/mol. The fraction of sp³-hybridized carbons (Fsp3) is 1.00. The molecular weight excluding hydrogens is 116 g/mol. The lowest BCUT2D eigenvalue weighted by atomic mass is 10.0. The lowest BCUT2D eigenvalue weighted by molar-refractivity contribution is 0.125. The van der Waals surface area contributed by atoms with Crippen LogP contribution in [0, 0.1) is 11.8 Å². The summed E-state index contributed by atoms with van der Waals surface area (Å²) in [6, 6.07) is 0. The lowest BCUT2D eigenvalue weighted by Crippen LogP contribution is -2.02. The summed E-state index contributed by atoms with van der Waals surface area (Å²) >= 11 is 0. The van der Waals surface area contributed by atoms with E-state index < -0.39 is 0 Å². The molecule has 0 spiro atoms. The summed E-state index contributed by atoms with van der Waals surface area (Å²) in [5.41, 5.74) is 0. The molecule has 2 fully saturated rings. The van der Waals surface area contributed by atoms with Crippen molar-refractivity contribution in [2.75, 3.05) is 13.2 Å². The molecule has 52 valence electrons. The first-order chi connectivity index (χ1) is 4.36. The minimum atomic E-state index is -0.0242. The van der Waals surface area contributed by atoms with Crippen molar-refractivity contribution in [2.24, 2.45) is 11.8 Å². The molecule has 2 rings (SSSR count). The molecule has 1 aliphatic heterocycles. The van der Waals surface area contributed by atoms with Crippen LogP contribution in [0.1, 0.15) is 12.8 Å². The van der Waals surface area contributed by atoms with Crippen molar-refractivity contribution in [1.29, 1.82) is 0 Å². The zero-order valence-corrected chi connectivity index (χ0v) is 5.42. The first-order valence-corrected chi connectivity index (χ1v) is 3.62. The smallest absolute Gasteiger partial charge is 0.0547 e. The Labute approximate surface area is 54.8 Å². The van der Waals surface area contributed by atoms with E-state index in [1.807, 2.05) is 0 Å². The fourth-order valence-electron chi connectivity index (χ4n) is 1.96. The van der Waals surface area contributed by atoms with E-state index in [2.05, 4.69) is 0 Å². The zero-order valence-electron chi connectivity index (χ0n) is 5.42. The molecular formula is C7H12O2. The largest absolute Gasteiger partial charge is 0.393 e. The highest BCUT2D eigenvalue weighted by molar-refractivity contribution is 4.86. The molecule has 0 aromatic carbocycles. The summed E-state index contributed by atoms with van der Waals surface area (Å²) in [5, 5.41) is 9.18. The molecule has 1 saturated heterocycles. The van der Waals surface area contributed by atoms with Crippen LogP contribution in [0.3, 0.4) is 0 Å². The zero-order chi connectivity index (χ0) is 6.27. The SMILES string of the molecule is OC1CC2COCC2C1. The standard InChI is InChI=1S/C7H12O2/c8-7-1-5-3-9-4-6(5)2-7/h5-8H,1-4H2.